The number of nitrogens with one attached hydrogen (secondary N) is 2. The van der Waals surface area contributed by atoms with Crippen LogP contribution in [0, 0.1) is 0 Å². The van der Waals surface area contributed by atoms with Crippen LogP contribution in [0.3, 0.4) is 0 Å². The van der Waals surface area contributed by atoms with Crippen molar-refractivity contribution >= 4 is 29.1 Å². The van der Waals surface area contributed by atoms with Crippen molar-refractivity contribution in [2.24, 2.45) is 0 Å². The molecule has 2 aromatic heterocycles. The van der Waals surface area contributed by atoms with E-state index in [0.717, 1.165) is 17.1 Å². The van der Waals surface area contributed by atoms with Crippen LogP contribution < -0.4 is 10.6 Å². The fraction of sp³-hybridized carbons (Fsp3) is 0.167. The maximum absolute atomic E-state index is 5.93. The van der Waals surface area contributed by atoms with Gasteiger partial charge in [0.15, 0.2) is 0 Å². The minimum atomic E-state index is 0.229. The first-order valence-corrected chi connectivity index (χ1v) is 8.07. The van der Waals surface area contributed by atoms with E-state index in [4.69, 9.17) is 11.6 Å². The number of hydrogen-bond acceptors (Lipinski definition) is 5. The minimum absolute atomic E-state index is 0.229. The molecule has 0 unspecified atom stereocenters. The predicted octanol–water partition coefficient (Wildman–Crippen LogP) is 4.76. The second-order valence-corrected chi connectivity index (χ2v) is 6.04. The van der Waals surface area contributed by atoms with Crippen LogP contribution in [0.4, 0.5) is 17.5 Å². The van der Waals surface area contributed by atoms with Crippen molar-refractivity contribution < 1.29 is 0 Å². The summed E-state index contributed by atoms with van der Waals surface area (Å²) in [6.45, 7) is 4.09. The molecule has 5 nitrogen and oxygen atoms in total. The summed E-state index contributed by atoms with van der Waals surface area (Å²) in [6, 6.07) is 15.3. The summed E-state index contributed by atoms with van der Waals surface area (Å²) in [4.78, 5) is 13.4. The van der Waals surface area contributed by atoms with Gasteiger partial charge in [-0.05, 0) is 50.2 Å². The normalized spacial score (nSPS) is 10.7. The second-order valence-electron chi connectivity index (χ2n) is 5.61. The Bertz CT molecular complexity index is 803. The first-order chi connectivity index (χ1) is 11.6. The number of halogens is 1. The van der Waals surface area contributed by atoms with Gasteiger partial charge in [-0.2, -0.15) is 4.98 Å². The summed E-state index contributed by atoms with van der Waals surface area (Å²) in [6.07, 6.45) is 1.75. The van der Waals surface area contributed by atoms with Gasteiger partial charge >= 0.3 is 0 Å². The smallest absolute Gasteiger partial charge is 0.225 e. The van der Waals surface area contributed by atoms with Crippen molar-refractivity contribution in [2.45, 2.75) is 19.9 Å². The van der Waals surface area contributed by atoms with Crippen molar-refractivity contribution in [3.05, 3.63) is 59.8 Å². The fourth-order valence-electron chi connectivity index (χ4n) is 2.16. The third kappa shape index (κ3) is 4.20. The lowest BCUT2D eigenvalue weighted by molar-refractivity contribution is 0.875. The Labute approximate surface area is 146 Å². The third-order valence-electron chi connectivity index (χ3n) is 3.19. The van der Waals surface area contributed by atoms with Crippen molar-refractivity contribution in [1.29, 1.82) is 0 Å². The van der Waals surface area contributed by atoms with Crippen molar-refractivity contribution in [2.75, 3.05) is 10.6 Å². The lowest BCUT2D eigenvalue weighted by atomic mass is 10.2. The molecule has 0 aliphatic rings. The fourth-order valence-corrected chi connectivity index (χ4v) is 2.29. The van der Waals surface area contributed by atoms with Gasteiger partial charge < -0.3 is 10.6 Å². The van der Waals surface area contributed by atoms with E-state index in [1.807, 2.05) is 62.4 Å². The Kier molecular flexibility index (Phi) is 4.91. The first-order valence-electron chi connectivity index (χ1n) is 7.70. The molecule has 122 valence electrons. The van der Waals surface area contributed by atoms with E-state index in [-0.39, 0.29) is 6.04 Å². The van der Waals surface area contributed by atoms with E-state index < -0.39 is 0 Å². The van der Waals surface area contributed by atoms with Crippen LogP contribution in [0.25, 0.3) is 11.4 Å². The van der Waals surface area contributed by atoms with E-state index in [9.17, 15) is 0 Å². The van der Waals surface area contributed by atoms with Gasteiger partial charge in [0.05, 0.1) is 11.4 Å². The number of pyridine rings is 1. The molecular weight excluding hydrogens is 322 g/mol. The zero-order valence-electron chi connectivity index (χ0n) is 13.5. The number of anilines is 3. The van der Waals surface area contributed by atoms with Gasteiger partial charge in [0, 0.05) is 29.0 Å². The summed E-state index contributed by atoms with van der Waals surface area (Å²) < 4.78 is 0. The molecule has 0 spiro atoms. The van der Waals surface area contributed by atoms with Crippen LogP contribution in [0.2, 0.25) is 5.02 Å². The molecule has 0 saturated carbocycles. The number of aromatic nitrogens is 3. The van der Waals surface area contributed by atoms with Gasteiger partial charge in [0.1, 0.15) is 5.82 Å². The number of nitrogens with zero attached hydrogens (tertiary/aromatic N) is 3. The summed E-state index contributed by atoms with van der Waals surface area (Å²) in [5, 5.41) is 7.21. The van der Waals surface area contributed by atoms with Gasteiger partial charge in [-0.15, -0.1) is 0 Å². The molecule has 2 N–H and O–H groups in total. The van der Waals surface area contributed by atoms with E-state index in [1.54, 1.807) is 6.20 Å². The molecule has 0 fully saturated rings. The molecule has 1 aromatic carbocycles. The lowest BCUT2D eigenvalue weighted by Gasteiger charge is -2.13. The SMILES string of the molecule is CC(C)Nc1nc(Nc2ccc(Cl)cc2)cc(-c2ccccn2)n1. The van der Waals surface area contributed by atoms with Crippen LogP contribution in [-0.2, 0) is 0 Å². The molecule has 3 aromatic rings. The van der Waals surface area contributed by atoms with Gasteiger partial charge in [-0.3, -0.25) is 4.98 Å². The third-order valence-corrected chi connectivity index (χ3v) is 3.44. The standard InChI is InChI=1S/C18H18ClN5/c1-12(2)21-18-23-16(15-5-3-4-10-20-15)11-17(24-18)22-14-8-6-13(19)7-9-14/h3-12H,1-2H3,(H2,21,22,23,24). The minimum Gasteiger partial charge on any atom is -0.352 e. The Morgan fingerprint density at radius 3 is 2.42 bits per heavy atom. The first kappa shape index (κ1) is 16.2. The highest BCUT2D eigenvalue weighted by Crippen LogP contribution is 2.23. The van der Waals surface area contributed by atoms with Crippen molar-refractivity contribution in [3.8, 4) is 11.4 Å². The number of rotatable bonds is 5. The van der Waals surface area contributed by atoms with Gasteiger partial charge in [0.25, 0.3) is 0 Å². The summed E-state index contributed by atoms with van der Waals surface area (Å²) in [5.74, 6) is 1.25. The van der Waals surface area contributed by atoms with Gasteiger partial charge in [-0.1, -0.05) is 17.7 Å². The van der Waals surface area contributed by atoms with Crippen LogP contribution in [0.1, 0.15) is 13.8 Å². The highest BCUT2D eigenvalue weighted by Gasteiger charge is 2.09. The van der Waals surface area contributed by atoms with Crippen molar-refractivity contribution in [1.82, 2.24) is 15.0 Å². The molecule has 6 heteroatoms. The molecule has 0 bridgehead atoms. The number of benzene rings is 1. The topological polar surface area (TPSA) is 62.7 Å². The Morgan fingerprint density at radius 2 is 1.75 bits per heavy atom. The summed E-state index contributed by atoms with van der Waals surface area (Å²) in [7, 11) is 0. The largest absolute Gasteiger partial charge is 0.352 e. The van der Waals surface area contributed by atoms with E-state index in [1.165, 1.54) is 0 Å². The molecule has 0 aliphatic carbocycles. The van der Waals surface area contributed by atoms with E-state index in [0.29, 0.717) is 16.8 Å². The monoisotopic (exact) mass is 339 g/mol. The highest BCUT2D eigenvalue weighted by atomic mass is 35.5. The Hall–Kier alpha value is -2.66. The van der Waals surface area contributed by atoms with Gasteiger partial charge in [0.2, 0.25) is 5.95 Å². The second kappa shape index (κ2) is 7.27. The van der Waals surface area contributed by atoms with Crippen LogP contribution in [0.15, 0.2) is 54.7 Å². The average molecular weight is 340 g/mol. The molecule has 24 heavy (non-hydrogen) atoms. The quantitative estimate of drug-likeness (QED) is 0.702. The highest BCUT2D eigenvalue weighted by molar-refractivity contribution is 6.30. The van der Waals surface area contributed by atoms with E-state index >= 15 is 0 Å². The molecular formula is C18H18ClN5. The Balaban J connectivity index is 1.96. The zero-order valence-corrected chi connectivity index (χ0v) is 14.2. The van der Waals surface area contributed by atoms with Crippen LogP contribution in [-0.4, -0.2) is 21.0 Å². The van der Waals surface area contributed by atoms with Crippen LogP contribution in [0.5, 0.6) is 0 Å². The van der Waals surface area contributed by atoms with Crippen LogP contribution >= 0.6 is 11.6 Å². The molecule has 0 atom stereocenters. The number of hydrogen-bond donors (Lipinski definition) is 2. The maximum Gasteiger partial charge on any atom is 0.225 e. The maximum atomic E-state index is 5.93. The molecule has 0 amide bonds. The van der Waals surface area contributed by atoms with Crippen molar-refractivity contribution in [3.63, 3.8) is 0 Å². The molecule has 0 saturated heterocycles. The molecule has 2 heterocycles. The molecule has 0 aliphatic heterocycles. The molecule has 3 rings (SSSR count). The average Bonchev–Trinajstić information content (AvgIpc) is 2.57. The lowest BCUT2D eigenvalue weighted by Crippen LogP contribution is -2.13. The van der Waals surface area contributed by atoms with Gasteiger partial charge in [-0.25, -0.2) is 4.98 Å². The Morgan fingerprint density at radius 1 is 0.958 bits per heavy atom. The summed E-state index contributed by atoms with van der Waals surface area (Å²) >= 11 is 5.93. The summed E-state index contributed by atoms with van der Waals surface area (Å²) in [5.41, 5.74) is 2.46. The molecule has 0 radical (unpaired) electrons. The predicted molar refractivity (Wildman–Crippen MR) is 98.8 cm³/mol. The van der Waals surface area contributed by atoms with E-state index in [2.05, 4.69) is 25.6 Å². The zero-order chi connectivity index (χ0) is 16.9.